The summed E-state index contributed by atoms with van der Waals surface area (Å²) in [6, 6.07) is 2.03. The SMILES string of the molecule is CC(Br)c1cc(Br)c(Cl)s1. The summed E-state index contributed by atoms with van der Waals surface area (Å²) in [5, 5.41) is 0. The maximum atomic E-state index is 5.82. The van der Waals surface area contributed by atoms with Crippen molar-refractivity contribution in [2.24, 2.45) is 0 Å². The average Bonchev–Trinajstić information content (AvgIpc) is 2.13. The minimum Gasteiger partial charge on any atom is -0.126 e. The molecule has 0 N–H and O–H groups in total. The second-order valence-electron chi connectivity index (χ2n) is 1.89. The van der Waals surface area contributed by atoms with Gasteiger partial charge in [0, 0.05) is 14.2 Å². The number of thiophene rings is 1. The van der Waals surface area contributed by atoms with E-state index >= 15 is 0 Å². The molecule has 0 saturated heterocycles. The van der Waals surface area contributed by atoms with E-state index in [2.05, 4.69) is 38.8 Å². The monoisotopic (exact) mass is 302 g/mol. The largest absolute Gasteiger partial charge is 0.126 e. The Labute approximate surface area is 85.8 Å². The van der Waals surface area contributed by atoms with Crippen molar-refractivity contribution in [3.8, 4) is 0 Å². The number of rotatable bonds is 1. The van der Waals surface area contributed by atoms with E-state index in [0.717, 1.165) is 8.81 Å². The summed E-state index contributed by atoms with van der Waals surface area (Å²) < 4.78 is 1.81. The van der Waals surface area contributed by atoms with Gasteiger partial charge in [-0.3, -0.25) is 0 Å². The Morgan fingerprint density at radius 2 is 2.30 bits per heavy atom. The third-order valence-corrected chi connectivity index (χ3v) is 4.51. The smallest absolute Gasteiger partial charge is 0.107 e. The Hall–Kier alpha value is 0.950. The number of hydrogen-bond acceptors (Lipinski definition) is 1. The molecule has 0 aliphatic carbocycles. The van der Waals surface area contributed by atoms with Crippen molar-refractivity contribution >= 4 is 54.8 Å². The van der Waals surface area contributed by atoms with Crippen LogP contribution >= 0.6 is 54.8 Å². The first kappa shape index (κ1) is 9.04. The van der Waals surface area contributed by atoms with Crippen LogP contribution in [0.1, 0.15) is 16.6 Å². The summed E-state index contributed by atoms with van der Waals surface area (Å²) >= 11 is 14.2. The van der Waals surface area contributed by atoms with E-state index in [1.807, 2.05) is 6.07 Å². The van der Waals surface area contributed by atoms with Crippen LogP contribution in [0.25, 0.3) is 0 Å². The van der Waals surface area contributed by atoms with Crippen molar-refractivity contribution in [2.75, 3.05) is 0 Å². The van der Waals surface area contributed by atoms with Crippen LogP contribution in [-0.4, -0.2) is 0 Å². The van der Waals surface area contributed by atoms with E-state index in [1.165, 1.54) is 4.88 Å². The Morgan fingerprint density at radius 3 is 2.50 bits per heavy atom. The summed E-state index contributed by atoms with van der Waals surface area (Å²) in [5.74, 6) is 0. The van der Waals surface area contributed by atoms with E-state index in [4.69, 9.17) is 11.6 Å². The molecule has 0 radical (unpaired) electrons. The Bertz CT molecular complexity index is 212. The van der Waals surface area contributed by atoms with Gasteiger partial charge in [0.2, 0.25) is 0 Å². The van der Waals surface area contributed by atoms with Gasteiger partial charge < -0.3 is 0 Å². The summed E-state index contributed by atoms with van der Waals surface area (Å²) in [6.45, 7) is 2.08. The third-order valence-electron chi connectivity index (χ3n) is 1.06. The zero-order valence-electron chi connectivity index (χ0n) is 5.20. The molecule has 0 aromatic carbocycles. The van der Waals surface area contributed by atoms with Crippen LogP contribution < -0.4 is 0 Å². The molecule has 0 fully saturated rings. The molecule has 0 nitrogen and oxygen atoms in total. The van der Waals surface area contributed by atoms with Gasteiger partial charge in [0.1, 0.15) is 4.34 Å². The van der Waals surface area contributed by atoms with Crippen LogP contribution in [-0.2, 0) is 0 Å². The topological polar surface area (TPSA) is 0 Å². The van der Waals surface area contributed by atoms with E-state index in [9.17, 15) is 0 Å². The van der Waals surface area contributed by atoms with Crippen molar-refractivity contribution in [3.63, 3.8) is 0 Å². The molecule has 0 spiro atoms. The normalized spacial score (nSPS) is 13.6. The molecule has 0 aliphatic rings. The van der Waals surface area contributed by atoms with Gasteiger partial charge in [-0.05, 0) is 28.9 Å². The predicted molar refractivity (Wildman–Crippen MR) is 54.4 cm³/mol. The van der Waals surface area contributed by atoms with Crippen LogP contribution in [0.4, 0.5) is 0 Å². The number of halogens is 3. The molecular weight excluding hydrogens is 299 g/mol. The van der Waals surface area contributed by atoms with Gasteiger partial charge >= 0.3 is 0 Å². The molecule has 10 heavy (non-hydrogen) atoms. The van der Waals surface area contributed by atoms with E-state index < -0.39 is 0 Å². The van der Waals surface area contributed by atoms with Gasteiger partial charge in [-0.2, -0.15) is 0 Å². The fourth-order valence-electron chi connectivity index (χ4n) is 0.559. The molecule has 0 bridgehead atoms. The van der Waals surface area contributed by atoms with E-state index in [-0.39, 0.29) is 0 Å². The van der Waals surface area contributed by atoms with E-state index in [0.29, 0.717) is 4.83 Å². The fourth-order valence-corrected chi connectivity index (χ4v) is 2.64. The number of alkyl halides is 1. The summed E-state index contributed by atoms with van der Waals surface area (Å²) in [7, 11) is 0. The molecule has 1 atom stereocenters. The van der Waals surface area contributed by atoms with Crippen LogP contribution in [0.5, 0.6) is 0 Å². The van der Waals surface area contributed by atoms with Crippen molar-refractivity contribution in [1.82, 2.24) is 0 Å². The molecule has 0 amide bonds. The predicted octanol–water partition coefficient (Wildman–Crippen LogP) is 4.62. The molecule has 1 heterocycles. The Balaban J connectivity index is 2.98. The second-order valence-corrected chi connectivity index (χ2v) is 5.80. The van der Waals surface area contributed by atoms with Crippen LogP contribution in [0.3, 0.4) is 0 Å². The van der Waals surface area contributed by atoms with Crippen LogP contribution in [0, 0.1) is 0 Å². The van der Waals surface area contributed by atoms with Crippen LogP contribution in [0.15, 0.2) is 10.5 Å². The molecular formula is C6H5Br2ClS. The van der Waals surface area contributed by atoms with E-state index in [1.54, 1.807) is 11.3 Å². The highest BCUT2D eigenvalue weighted by atomic mass is 79.9. The van der Waals surface area contributed by atoms with Crippen molar-refractivity contribution in [2.45, 2.75) is 11.8 Å². The summed E-state index contributed by atoms with van der Waals surface area (Å²) in [5.41, 5.74) is 0. The quantitative estimate of drug-likeness (QED) is 0.664. The molecule has 0 aliphatic heterocycles. The van der Waals surface area contributed by atoms with Crippen LogP contribution in [0.2, 0.25) is 4.34 Å². The summed E-state index contributed by atoms with van der Waals surface area (Å²) in [4.78, 5) is 1.64. The molecule has 1 unspecified atom stereocenters. The lowest BCUT2D eigenvalue weighted by molar-refractivity contribution is 1.17. The number of hydrogen-bond donors (Lipinski definition) is 0. The fraction of sp³-hybridized carbons (Fsp3) is 0.333. The first-order chi connectivity index (χ1) is 4.61. The van der Waals surface area contributed by atoms with Gasteiger partial charge in [0.25, 0.3) is 0 Å². The second kappa shape index (κ2) is 3.57. The zero-order valence-corrected chi connectivity index (χ0v) is 9.94. The maximum Gasteiger partial charge on any atom is 0.107 e. The first-order valence-electron chi connectivity index (χ1n) is 2.70. The van der Waals surface area contributed by atoms with Crippen molar-refractivity contribution in [1.29, 1.82) is 0 Å². The standard InChI is InChI=1S/C6H5Br2ClS/c1-3(7)5-2-4(8)6(9)10-5/h2-3H,1H3. The maximum absolute atomic E-state index is 5.82. The van der Waals surface area contributed by atoms with Crippen molar-refractivity contribution in [3.05, 3.63) is 19.8 Å². The minimum absolute atomic E-state index is 0.390. The lowest BCUT2D eigenvalue weighted by atomic mass is 10.4. The minimum atomic E-state index is 0.390. The molecule has 1 aromatic heterocycles. The summed E-state index contributed by atoms with van der Waals surface area (Å²) in [6.07, 6.45) is 0. The molecule has 1 aromatic rings. The van der Waals surface area contributed by atoms with Gasteiger partial charge in [0.15, 0.2) is 0 Å². The van der Waals surface area contributed by atoms with Gasteiger partial charge in [-0.15, -0.1) is 11.3 Å². The Morgan fingerprint density at radius 1 is 1.70 bits per heavy atom. The third kappa shape index (κ3) is 1.97. The highest BCUT2D eigenvalue weighted by Gasteiger charge is 2.07. The van der Waals surface area contributed by atoms with Gasteiger partial charge in [-0.25, -0.2) is 0 Å². The molecule has 4 heteroatoms. The van der Waals surface area contributed by atoms with Gasteiger partial charge in [-0.1, -0.05) is 27.5 Å². The lowest BCUT2D eigenvalue weighted by Crippen LogP contribution is -1.72. The Kier molecular flexibility index (Phi) is 3.22. The van der Waals surface area contributed by atoms with Gasteiger partial charge in [0.05, 0.1) is 0 Å². The molecule has 0 saturated carbocycles. The molecule has 1 rings (SSSR count). The zero-order chi connectivity index (χ0) is 7.72. The average molecular weight is 304 g/mol. The highest BCUT2D eigenvalue weighted by Crippen LogP contribution is 2.37. The molecule has 56 valence electrons. The first-order valence-corrected chi connectivity index (χ1v) is 5.60. The highest BCUT2D eigenvalue weighted by molar-refractivity contribution is 9.10. The van der Waals surface area contributed by atoms with Crippen molar-refractivity contribution < 1.29 is 0 Å². The lowest BCUT2D eigenvalue weighted by Gasteiger charge is -1.93.